The molecule has 0 amide bonds. The van der Waals surface area contributed by atoms with Crippen LogP contribution in [0.15, 0.2) is 104 Å². The molecule has 0 saturated heterocycles. The predicted molar refractivity (Wildman–Crippen MR) is 144 cm³/mol. The molecule has 6 heteroatoms. The second-order valence-electron chi connectivity index (χ2n) is 8.15. The number of hydrogen-bond acceptors (Lipinski definition) is 6. The van der Waals surface area contributed by atoms with Gasteiger partial charge in [0.15, 0.2) is 0 Å². The fourth-order valence-electron chi connectivity index (χ4n) is 3.05. The molecule has 0 N–H and O–H groups in total. The van der Waals surface area contributed by atoms with Gasteiger partial charge in [-0.2, -0.15) is 0 Å². The summed E-state index contributed by atoms with van der Waals surface area (Å²) in [4.78, 5) is 35.4. The standard InChI is InChI=1S/C31H26O6/c1-6-29(32)35-25-14-9-22(10-15-25)7-8-23-11-18-27(28(19-23)37-31(34)21(4)5)24-12-16-26(17-13-24)36-30(33)20(2)3/h6-19H,1-2,4H2,3,5H3/b8-7+. The highest BCUT2D eigenvalue weighted by atomic mass is 16.5. The lowest BCUT2D eigenvalue weighted by molar-refractivity contribution is -0.130. The van der Waals surface area contributed by atoms with Crippen molar-refractivity contribution in [3.8, 4) is 28.4 Å². The van der Waals surface area contributed by atoms with Crippen LogP contribution in [0.4, 0.5) is 0 Å². The summed E-state index contributed by atoms with van der Waals surface area (Å²) in [5.74, 6) is -0.425. The monoisotopic (exact) mass is 494 g/mol. The van der Waals surface area contributed by atoms with Gasteiger partial charge in [-0.3, -0.25) is 0 Å². The van der Waals surface area contributed by atoms with E-state index in [4.69, 9.17) is 14.2 Å². The molecule has 0 aliphatic carbocycles. The highest BCUT2D eigenvalue weighted by molar-refractivity contribution is 5.91. The zero-order valence-corrected chi connectivity index (χ0v) is 20.7. The molecule has 0 bridgehead atoms. The molecular weight excluding hydrogens is 468 g/mol. The topological polar surface area (TPSA) is 78.9 Å². The van der Waals surface area contributed by atoms with Crippen LogP contribution in [0, 0.1) is 0 Å². The average Bonchev–Trinajstić information content (AvgIpc) is 2.88. The smallest absolute Gasteiger partial charge is 0.338 e. The van der Waals surface area contributed by atoms with E-state index in [1.165, 1.54) is 0 Å². The molecule has 0 aliphatic rings. The van der Waals surface area contributed by atoms with Crippen LogP contribution >= 0.6 is 0 Å². The van der Waals surface area contributed by atoms with Crippen LogP contribution in [-0.2, 0) is 14.4 Å². The second-order valence-corrected chi connectivity index (χ2v) is 8.15. The fraction of sp³-hybridized carbons (Fsp3) is 0.0645. The minimum absolute atomic E-state index is 0.270. The zero-order chi connectivity index (χ0) is 26.9. The van der Waals surface area contributed by atoms with Crippen molar-refractivity contribution in [2.75, 3.05) is 0 Å². The third kappa shape index (κ3) is 7.50. The van der Waals surface area contributed by atoms with Crippen molar-refractivity contribution in [3.63, 3.8) is 0 Å². The van der Waals surface area contributed by atoms with Gasteiger partial charge in [0, 0.05) is 22.8 Å². The molecule has 3 rings (SSSR count). The van der Waals surface area contributed by atoms with Gasteiger partial charge in [-0.05, 0) is 60.9 Å². The Kier molecular flexibility index (Phi) is 8.73. The van der Waals surface area contributed by atoms with E-state index in [0.29, 0.717) is 28.4 Å². The average molecular weight is 495 g/mol. The molecule has 37 heavy (non-hydrogen) atoms. The van der Waals surface area contributed by atoms with Gasteiger partial charge < -0.3 is 14.2 Å². The Labute approximate surface area is 215 Å². The Morgan fingerprint density at radius 1 is 0.676 bits per heavy atom. The first-order chi connectivity index (χ1) is 17.7. The van der Waals surface area contributed by atoms with Crippen LogP contribution in [0.2, 0.25) is 0 Å². The maximum absolute atomic E-state index is 12.3. The lowest BCUT2D eigenvalue weighted by atomic mass is 10.0. The fourth-order valence-corrected chi connectivity index (χ4v) is 3.05. The lowest BCUT2D eigenvalue weighted by Crippen LogP contribution is -2.09. The maximum atomic E-state index is 12.3. The van der Waals surface area contributed by atoms with E-state index in [1.807, 2.05) is 24.3 Å². The second kappa shape index (κ2) is 12.1. The summed E-state index contributed by atoms with van der Waals surface area (Å²) in [5, 5.41) is 0. The lowest BCUT2D eigenvalue weighted by Gasteiger charge is -2.12. The Morgan fingerprint density at radius 2 is 1.19 bits per heavy atom. The summed E-state index contributed by atoms with van der Waals surface area (Å²) in [6.07, 6.45) is 4.85. The van der Waals surface area contributed by atoms with Gasteiger partial charge in [-0.1, -0.05) is 68.3 Å². The number of ether oxygens (including phenoxy) is 3. The Morgan fingerprint density at radius 3 is 1.78 bits per heavy atom. The van der Waals surface area contributed by atoms with E-state index in [0.717, 1.165) is 22.8 Å². The van der Waals surface area contributed by atoms with Gasteiger partial charge in [0.1, 0.15) is 17.2 Å². The van der Waals surface area contributed by atoms with Crippen molar-refractivity contribution in [1.82, 2.24) is 0 Å². The van der Waals surface area contributed by atoms with Gasteiger partial charge in [0.05, 0.1) is 0 Å². The van der Waals surface area contributed by atoms with Gasteiger partial charge in [0.25, 0.3) is 0 Å². The summed E-state index contributed by atoms with van der Waals surface area (Å²) in [5.41, 5.74) is 3.68. The van der Waals surface area contributed by atoms with Crippen LogP contribution in [0.5, 0.6) is 17.2 Å². The van der Waals surface area contributed by atoms with E-state index in [-0.39, 0.29) is 5.57 Å². The minimum Gasteiger partial charge on any atom is -0.423 e. The highest BCUT2D eigenvalue weighted by Gasteiger charge is 2.13. The SMILES string of the molecule is C=CC(=O)Oc1ccc(/C=C/c2ccc(-c3ccc(OC(=O)C(=C)C)cc3)c(OC(=O)C(=C)C)c2)cc1. The molecule has 0 atom stereocenters. The van der Waals surface area contributed by atoms with E-state index in [1.54, 1.807) is 68.4 Å². The van der Waals surface area contributed by atoms with Crippen molar-refractivity contribution in [2.45, 2.75) is 13.8 Å². The molecule has 186 valence electrons. The minimum atomic E-state index is -0.543. The molecule has 0 heterocycles. The van der Waals surface area contributed by atoms with Gasteiger partial charge in [-0.15, -0.1) is 0 Å². The van der Waals surface area contributed by atoms with E-state index < -0.39 is 17.9 Å². The van der Waals surface area contributed by atoms with Crippen molar-refractivity contribution >= 4 is 30.1 Å². The molecule has 0 unspecified atom stereocenters. The molecule has 6 nitrogen and oxygen atoms in total. The number of carbonyl (C=O) groups is 3. The molecule has 3 aromatic carbocycles. The first-order valence-electron chi connectivity index (χ1n) is 11.3. The number of carbonyl (C=O) groups excluding carboxylic acids is 3. The summed E-state index contributed by atoms with van der Waals surface area (Å²) < 4.78 is 15.9. The van der Waals surface area contributed by atoms with E-state index in [9.17, 15) is 14.4 Å². The van der Waals surface area contributed by atoms with Gasteiger partial charge in [0.2, 0.25) is 0 Å². The Balaban J connectivity index is 1.86. The Hall–Kier alpha value is -4.97. The molecule has 3 aromatic rings. The van der Waals surface area contributed by atoms with E-state index >= 15 is 0 Å². The largest absolute Gasteiger partial charge is 0.423 e. The first-order valence-corrected chi connectivity index (χ1v) is 11.3. The molecular formula is C31H26O6. The third-order valence-electron chi connectivity index (χ3n) is 5.01. The normalized spacial score (nSPS) is 10.4. The predicted octanol–water partition coefficient (Wildman–Crippen LogP) is 6.58. The number of rotatable bonds is 9. The molecule has 0 aliphatic heterocycles. The summed E-state index contributed by atoms with van der Waals surface area (Å²) in [7, 11) is 0. The molecule has 0 spiro atoms. The highest BCUT2D eigenvalue weighted by Crippen LogP contribution is 2.33. The van der Waals surface area contributed by atoms with Crippen LogP contribution in [-0.4, -0.2) is 17.9 Å². The summed E-state index contributed by atoms with van der Waals surface area (Å²) >= 11 is 0. The molecule has 0 fully saturated rings. The van der Waals surface area contributed by atoms with Crippen molar-refractivity contribution in [3.05, 3.63) is 115 Å². The summed E-state index contributed by atoms with van der Waals surface area (Å²) in [6, 6.07) is 19.3. The maximum Gasteiger partial charge on any atom is 0.338 e. The van der Waals surface area contributed by atoms with Crippen molar-refractivity contribution in [2.24, 2.45) is 0 Å². The van der Waals surface area contributed by atoms with Crippen LogP contribution in [0.1, 0.15) is 25.0 Å². The number of benzene rings is 3. The summed E-state index contributed by atoms with van der Waals surface area (Å²) in [6.45, 7) is 13.8. The quantitative estimate of drug-likeness (QED) is 0.145. The molecule has 0 aromatic heterocycles. The number of hydrogen-bond donors (Lipinski definition) is 0. The van der Waals surface area contributed by atoms with Crippen molar-refractivity contribution in [1.29, 1.82) is 0 Å². The van der Waals surface area contributed by atoms with Crippen LogP contribution in [0.25, 0.3) is 23.3 Å². The first kappa shape index (κ1) is 26.6. The molecule has 0 radical (unpaired) electrons. The third-order valence-corrected chi connectivity index (χ3v) is 5.01. The zero-order valence-electron chi connectivity index (χ0n) is 20.7. The van der Waals surface area contributed by atoms with Gasteiger partial charge in [-0.25, -0.2) is 14.4 Å². The van der Waals surface area contributed by atoms with Crippen molar-refractivity contribution < 1.29 is 28.6 Å². The molecule has 0 saturated carbocycles. The number of esters is 3. The van der Waals surface area contributed by atoms with Gasteiger partial charge >= 0.3 is 17.9 Å². The van der Waals surface area contributed by atoms with Crippen LogP contribution in [0.3, 0.4) is 0 Å². The Bertz CT molecular complexity index is 1390. The van der Waals surface area contributed by atoms with E-state index in [2.05, 4.69) is 19.7 Å². The van der Waals surface area contributed by atoms with Crippen LogP contribution < -0.4 is 14.2 Å².